The molecule has 0 spiro atoms. The fourth-order valence-electron chi connectivity index (χ4n) is 4.90. The van der Waals surface area contributed by atoms with E-state index in [2.05, 4.69) is 30.1 Å². The smallest absolute Gasteiger partial charge is 0.255 e. The Labute approximate surface area is 275 Å². The van der Waals surface area contributed by atoms with E-state index < -0.39 is 5.92 Å². The second-order valence-electron chi connectivity index (χ2n) is 10.6. The maximum Gasteiger partial charge on any atom is 0.255 e. The average molecular weight is 638 g/mol. The molecule has 4 aromatic heterocycles. The number of nitrogens with one attached hydrogen (secondary N) is 1. The maximum absolute atomic E-state index is 13.2. The molecule has 0 aliphatic rings. The predicted octanol–water partition coefficient (Wildman–Crippen LogP) is 4.72. The van der Waals surface area contributed by atoms with Gasteiger partial charge in [-0.2, -0.15) is 15.2 Å². The number of nitrogen functional groups attached to an aromatic ring is 1. The Morgan fingerprint density at radius 1 is 0.771 bits per heavy atom. The van der Waals surface area contributed by atoms with E-state index in [4.69, 9.17) is 10.5 Å². The molecule has 48 heavy (non-hydrogen) atoms. The Morgan fingerprint density at radius 2 is 1.38 bits per heavy atom. The molecule has 0 aliphatic heterocycles. The molecule has 0 aliphatic carbocycles. The SMILES string of the molecule is Nc1cnc(-n2cccn2)nc1OCc1ccccc1.O=C(Cc1cnc(-n2cccn2)[nH]c1=O)C(c1ccccc1)c1ccccc1. The Morgan fingerprint density at radius 3 is 1.96 bits per heavy atom. The lowest BCUT2D eigenvalue weighted by Crippen LogP contribution is -2.23. The van der Waals surface area contributed by atoms with Gasteiger partial charge in [0.2, 0.25) is 11.8 Å². The first-order valence-electron chi connectivity index (χ1n) is 15.0. The van der Waals surface area contributed by atoms with E-state index in [9.17, 15) is 9.59 Å². The van der Waals surface area contributed by atoms with Gasteiger partial charge in [-0.1, -0.05) is 91.0 Å². The van der Waals surface area contributed by atoms with Crippen LogP contribution in [0.3, 0.4) is 0 Å². The molecule has 0 unspecified atom stereocenters. The second kappa shape index (κ2) is 15.1. The van der Waals surface area contributed by atoms with E-state index in [1.165, 1.54) is 17.1 Å². The van der Waals surface area contributed by atoms with Gasteiger partial charge >= 0.3 is 0 Å². The third-order valence-corrected chi connectivity index (χ3v) is 7.23. The van der Waals surface area contributed by atoms with Gasteiger partial charge in [0.05, 0.1) is 12.1 Å². The topological polar surface area (TPSA) is 159 Å². The average Bonchev–Trinajstić information content (AvgIpc) is 3.87. The normalized spacial score (nSPS) is 10.7. The van der Waals surface area contributed by atoms with Crippen molar-refractivity contribution in [1.29, 1.82) is 0 Å². The highest BCUT2D eigenvalue weighted by molar-refractivity contribution is 5.90. The summed E-state index contributed by atoms with van der Waals surface area (Å²) in [6.45, 7) is 0.403. The van der Waals surface area contributed by atoms with Gasteiger partial charge in [-0.05, 0) is 28.8 Å². The van der Waals surface area contributed by atoms with Gasteiger partial charge < -0.3 is 10.5 Å². The molecule has 7 rings (SSSR count). The Kier molecular flexibility index (Phi) is 9.82. The fraction of sp³-hybridized carbons (Fsp3) is 0.0833. The lowest BCUT2D eigenvalue weighted by molar-refractivity contribution is -0.119. The van der Waals surface area contributed by atoms with Crippen molar-refractivity contribution in [2.24, 2.45) is 0 Å². The van der Waals surface area contributed by atoms with E-state index in [-0.39, 0.29) is 17.8 Å². The highest BCUT2D eigenvalue weighted by Gasteiger charge is 2.23. The summed E-state index contributed by atoms with van der Waals surface area (Å²) in [5.41, 5.74) is 9.07. The third-order valence-electron chi connectivity index (χ3n) is 7.23. The van der Waals surface area contributed by atoms with E-state index in [1.54, 1.807) is 41.6 Å². The zero-order valence-electron chi connectivity index (χ0n) is 25.7. The highest BCUT2D eigenvalue weighted by Crippen LogP contribution is 2.26. The molecule has 3 aromatic carbocycles. The number of benzene rings is 3. The number of hydrogen-bond acceptors (Lipinski definition) is 9. The minimum atomic E-state index is -0.437. The van der Waals surface area contributed by atoms with Gasteiger partial charge in [-0.3, -0.25) is 14.6 Å². The van der Waals surface area contributed by atoms with Crippen LogP contribution in [0.1, 0.15) is 28.2 Å². The second-order valence-corrected chi connectivity index (χ2v) is 10.6. The first-order valence-corrected chi connectivity index (χ1v) is 15.0. The van der Waals surface area contributed by atoms with Crippen LogP contribution >= 0.6 is 0 Å². The summed E-state index contributed by atoms with van der Waals surface area (Å²) < 4.78 is 8.66. The van der Waals surface area contributed by atoms with E-state index in [1.807, 2.05) is 91.0 Å². The predicted molar refractivity (Wildman–Crippen MR) is 180 cm³/mol. The summed E-state index contributed by atoms with van der Waals surface area (Å²) in [5, 5.41) is 8.11. The van der Waals surface area contributed by atoms with Crippen molar-refractivity contribution in [3.63, 3.8) is 0 Å². The van der Waals surface area contributed by atoms with Crippen molar-refractivity contribution >= 4 is 11.5 Å². The number of aromatic amines is 1. The van der Waals surface area contributed by atoms with Crippen molar-refractivity contribution in [2.75, 3.05) is 5.73 Å². The number of nitrogens with zero attached hydrogens (tertiary/aromatic N) is 7. The molecule has 3 N–H and O–H groups in total. The third kappa shape index (κ3) is 7.74. The van der Waals surface area contributed by atoms with Gasteiger partial charge in [0.25, 0.3) is 11.5 Å². The van der Waals surface area contributed by atoms with Crippen LogP contribution in [0.15, 0.2) is 145 Å². The summed E-state index contributed by atoms with van der Waals surface area (Å²) in [7, 11) is 0. The van der Waals surface area contributed by atoms with E-state index >= 15 is 0 Å². The van der Waals surface area contributed by atoms with E-state index in [0.29, 0.717) is 35.6 Å². The summed E-state index contributed by atoms with van der Waals surface area (Å²) >= 11 is 0. The summed E-state index contributed by atoms with van der Waals surface area (Å²) in [5.74, 6) is 0.597. The Balaban J connectivity index is 0.000000177. The molecule has 12 nitrogen and oxygen atoms in total. The van der Waals surface area contributed by atoms with Crippen LogP contribution in [0.2, 0.25) is 0 Å². The quantitative estimate of drug-likeness (QED) is 0.216. The first kappa shape index (κ1) is 31.3. The molecule has 0 saturated heterocycles. The standard InChI is InChI=1S/C22H18N4O2.C14H13N5O/c27-19(14-18-15-23-22(25-21(18)28)26-13-7-12-24-26)20(16-8-3-1-4-9-16)17-10-5-2-6-11-17;15-12-9-16-14(19-8-4-7-17-19)18-13(12)20-10-11-5-2-1-3-6-11/h1-13,15,20H,14H2,(H,23,25,28);1-9H,10,15H2. The lowest BCUT2D eigenvalue weighted by Gasteiger charge is -2.17. The number of hydrogen-bond donors (Lipinski definition) is 2. The van der Waals surface area contributed by atoms with E-state index in [0.717, 1.165) is 16.7 Å². The minimum Gasteiger partial charge on any atom is -0.471 e. The number of H-pyrrole nitrogens is 1. The van der Waals surface area contributed by atoms with Gasteiger partial charge in [0, 0.05) is 43.0 Å². The molecule has 0 saturated carbocycles. The van der Waals surface area contributed by atoms with Crippen molar-refractivity contribution in [1.82, 2.24) is 39.5 Å². The lowest BCUT2D eigenvalue weighted by atomic mass is 9.85. The maximum atomic E-state index is 13.2. The molecule has 0 radical (unpaired) electrons. The van der Waals surface area contributed by atoms with Crippen LogP contribution in [0.4, 0.5) is 5.69 Å². The molecule has 4 heterocycles. The number of rotatable bonds is 10. The number of nitrogens with two attached hydrogens (primary N) is 1. The van der Waals surface area contributed by atoms with Crippen molar-refractivity contribution in [2.45, 2.75) is 18.9 Å². The Hall–Kier alpha value is -6.69. The van der Waals surface area contributed by atoms with Crippen LogP contribution in [-0.2, 0) is 17.8 Å². The molecule has 0 bridgehead atoms. The fourth-order valence-corrected chi connectivity index (χ4v) is 4.90. The number of ketones is 1. The molecule has 0 fully saturated rings. The zero-order valence-corrected chi connectivity index (χ0v) is 25.7. The molecule has 0 atom stereocenters. The van der Waals surface area contributed by atoms with Crippen molar-refractivity contribution in [3.8, 4) is 17.8 Å². The Bertz CT molecular complexity index is 2060. The number of carbonyl (C=O) groups excluding carboxylic acids is 1. The van der Waals surface area contributed by atoms with Crippen molar-refractivity contribution in [3.05, 3.63) is 173 Å². The summed E-state index contributed by atoms with van der Waals surface area (Å²) in [6.07, 6.45) is 9.66. The molecule has 12 heteroatoms. The monoisotopic (exact) mass is 637 g/mol. The minimum absolute atomic E-state index is 0.00379. The highest BCUT2D eigenvalue weighted by atomic mass is 16.5. The number of Topliss-reactive ketones (excluding diaryl/α,β-unsaturated/α-hetero) is 1. The molecule has 238 valence electrons. The van der Waals surface area contributed by atoms with Crippen LogP contribution in [0.5, 0.6) is 5.88 Å². The summed E-state index contributed by atoms with van der Waals surface area (Å²) in [6, 6.07) is 32.5. The van der Waals surface area contributed by atoms with Crippen LogP contribution in [0, 0.1) is 0 Å². The van der Waals surface area contributed by atoms with Crippen LogP contribution in [-0.4, -0.2) is 45.3 Å². The number of carbonyl (C=O) groups is 1. The molecule has 0 amide bonds. The number of anilines is 1. The van der Waals surface area contributed by atoms with Crippen LogP contribution < -0.4 is 16.0 Å². The van der Waals surface area contributed by atoms with Gasteiger partial charge in [0.15, 0.2) is 0 Å². The summed E-state index contributed by atoms with van der Waals surface area (Å²) in [4.78, 5) is 41.0. The zero-order chi connectivity index (χ0) is 33.1. The molecular weight excluding hydrogens is 606 g/mol. The molecule has 7 aromatic rings. The van der Waals surface area contributed by atoms with Gasteiger partial charge in [0.1, 0.15) is 18.1 Å². The molecular formula is C36H31N9O3. The largest absolute Gasteiger partial charge is 0.471 e. The number of ether oxygens (including phenoxy) is 1. The number of aromatic nitrogens is 8. The van der Waals surface area contributed by atoms with Gasteiger partial charge in [-0.15, -0.1) is 0 Å². The first-order chi connectivity index (χ1) is 23.5. The van der Waals surface area contributed by atoms with Gasteiger partial charge in [-0.25, -0.2) is 19.3 Å². The van der Waals surface area contributed by atoms with Crippen LogP contribution in [0.25, 0.3) is 11.9 Å². The van der Waals surface area contributed by atoms with Crippen molar-refractivity contribution < 1.29 is 9.53 Å².